The summed E-state index contributed by atoms with van der Waals surface area (Å²) in [6, 6.07) is 16.2. The number of carbonyl (C=O) groups excluding carboxylic acids is 1. The summed E-state index contributed by atoms with van der Waals surface area (Å²) in [7, 11) is 0. The first-order valence-corrected chi connectivity index (χ1v) is 8.41. The maximum absolute atomic E-state index is 12.8. The zero-order valence-corrected chi connectivity index (χ0v) is 14.6. The Bertz CT molecular complexity index is 1160. The summed E-state index contributed by atoms with van der Waals surface area (Å²) in [5.74, 6) is -0.253. The van der Waals surface area contributed by atoms with Crippen LogP contribution >= 0.6 is 0 Å². The number of amides is 1. The number of benzene rings is 2. The summed E-state index contributed by atoms with van der Waals surface area (Å²) in [6.45, 7) is 1.84. The highest BCUT2D eigenvalue weighted by molar-refractivity contribution is 6.06. The molecule has 4 aromatic rings. The predicted octanol–water partition coefficient (Wildman–Crippen LogP) is 2.91. The van der Waals surface area contributed by atoms with Gasteiger partial charge in [0.2, 0.25) is 0 Å². The molecule has 2 N–H and O–H groups in total. The first kappa shape index (κ1) is 16.6. The molecule has 134 valence electrons. The highest BCUT2D eigenvalue weighted by atomic mass is 16.2. The number of imidazole rings is 1. The fraction of sp³-hybridized carbons (Fsp3) is 0.0500. The van der Waals surface area contributed by atoms with Gasteiger partial charge in [-0.3, -0.25) is 9.36 Å². The van der Waals surface area contributed by atoms with E-state index in [1.807, 2.05) is 25.1 Å². The van der Waals surface area contributed by atoms with Crippen molar-refractivity contribution in [2.45, 2.75) is 6.92 Å². The van der Waals surface area contributed by atoms with E-state index in [-0.39, 0.29) is 11.6 Å². The van der Waals surface area contributed by atoms with Crippen LogP contribution in [0.3, 0.4) is 0 Å². The Labute approximate surface area is 154 Å². The van der Waals surface area contributed by atoms with Crippen molar-refractivity contribution in [2.75, 3.05) is 5.32 Å². The van der Waals surface area contributed by atoms with Gasteiger partial charge in [-0.15, -0.1) is 0 Å². The molecule has 0 atom stereocenters. The Hall–Kier alpha value is -3.87. The Morgan fingerprint density at radius 3 is 2.70 bits per heavy atom. The number of anilines is 1. The van der Waals surface area contributed by atoms with Crippen molar-refractivity contribution in [3.8, 4) is 11.4 Å². The summed E-state index contributed by atoms with van der Waals surface area (Å²) in [4.78, 5) is 27.5. The highest BCUT2D eigenvalue weighted by Crippen LogP contribution is 2.18. The molecule has 2 aromatic heterocycles. The average Bonchev–Trinajstić information content (AvgIpc) is 3.32. The van der Waals surface area contributed by atoms with Gasteiger partial charge in [-0.25, -0.2) is 9.48 Å². The Kier molecular flexibility index (Phi) is 4.18. The van der Waals surface area contributed by atoms with E-state index in [2.05, 4.69) is 15.4 Å². The molecule has 1 amide bonds. The fourth-order valence-electron chi connectivity index (χ4n) is 2.97. The summed E-state index contributed by atoms with van der Waals surface area (Å²) < 4.78 is 3.20. The molecule has 7 nitrogen and oxygen atoms in total. The maximum atomic E-state index is 12.8. The van der Waals surface area contributed by atoms with Gasteiger partial charge in [0.15, 0.2) is 0 Å². The van der Waals surface area contributed by atoms with E-state index >= 15 is 0 Å². The van der Waals surface area contributed by atoms with E-state index in [1.165, 1.54) is 0 Å². The quantitative estimate of drug-likeness (QED) is 0.587. The largest absolute Gasteiger partial charge is 0.330 e. The second-order valence-corrected chi connectivity index (χ2v) is 6.04. The molecule has 27 heavy (non-hydrogen) atoms. The normalized spacial score (nSPS) is 10.7. The first-order chi connectivity index (χ1) is 13.1. The average molecular weight is 359 g/mol. The summed E-state index contributed by atoms with van der Waals surface area (Å²) in [6.07, 6.45) is 5.09. The summed E-state index contributed by atoms with van der Waals surface area (Å²) in [5.41, 5.74) is 3.03. The lowest BCUT2D eigenvalue weighted by atomic mass is 10.1. The van der Waals surface area contributed by atoms with Crippen LogP contribution in [0.25, 0.3) is 11.4 Å². The Morgan fingerprint density at radius 2 is 1.96 bits per heavy atom. The fourth-order valence-corrected chi connectivity index (χ4v) is 2.97. The first-order valence-electron chi connectivity index (χ1n) is 8.41. The standard InChI is InChI=1S/C20H17N5O2/c1-14-13-21-20(27)25(14)16-7-4-6-15(12-16)23-19(26)17-8-2-3-9-18(17)24-11-5-10-22-24/h2-13H,1H3,(H,21,27)(H,23,26). The number of nitrogens with zero attached hydrogens (tertiary/aromatic N) is 3. The van der Waals surface area contributed by atoms with E-state index in [0.717, 1.165) is 5.69 Å². The van der Waals surface area contributed by atoms with Crippen LogP contribution in [0.15, 0.2) is 78.0 Å². The zero-order valence-electron chi connectivity index (χ0n) is 14.6. The molecule has 2 aromatic carbocycles. The number of carbonyl (C=O) groups is 1. The summed E-state index contributed by atoms with van der Waals surface area (Å²) >= 11 is 0. The topological polar surface area (TPSA) is 84.7 Å². The third-order valence-corrected chi connectivity index (χ3v) is 4.22. The number of aromatic nitrogens is 4. The van der Waals surface area contributed by atoms with E-state index in [1.54, 1.807) is 64.2 Å². The number of hydrogen-bond acceptors (Lipinski definition) is 3. The lowest BCUT2D eigenvalue weighted by molar-refractivity contribution is 0.102. The van der Waals surface area contributed by atoms with Crippen LogP contribution in [0.4, 0.5) is 5.69 Å². The Balaban J connectivity index is 1.66. The van der Waals surface area contributed by atoms with Crippen molar-refractivity contribution in [1.29, 1.82) is 0 Å². The van der Waals surface area contributed by atoms with E-state index in [4.69, 9.17) is 0 Å². The molecular formula is C20H17N5O2. The van der Waals surface area contributed by atoms with Gasteiger partial charge in [0.25, 0.3) is 5.91 Å². The molecule has 0 radical (unpaired) electrons. The van der Waals surface area contributed by atoms with Crippen LogP contribution in [-0.2, 0) is 0 Å². The third kappa shape index (κ3) is 3.18. The molecule has 0 aliphatic heterocycles. The molecule has 0 bridgehead atoms. The molecular weight excluding hydrogens is 342 g/mol. The van der Waals surface area contributed by atoms with Gasteiger partial charge in [0.05, 0.1) is 16.9 Å². The minimum absolute atomic E-state index is 0.222. The zero-order chi connectivity index (χ0) is 18.8. The number of hydrogen-bond donors (Lipinski definition) is 2. The van der Waals surface area contributed by atoms with Gasteiger partial charge >= 0.3 is 5.69 Å². The van der Waals surface area contributed by atoms with Crippen LogP contribution < -0.4 is 11.0 Å². The smallest absolute Gasteiger partial charge is 0.322 e. The van der Waals surface area contributed by atoms with Gasteiger partial charge in [0.1, 0.15) is 0 Å². The van der Waals surface area contributed by atoms with Gasteiger partial charge in [-0.1, -0.05) is 18.2 Å². The van der Waals surface area contributed by atoms with Crippen molar-refractivity contribution in [3.63, 3.8) is 0 Å². The molecule has 0 spiro atoms. The molecule has 0 fully saturated rings. The maximum Gasteiger partial charge on any atom is 0.330 e. The molecule has 0 saturated carbocycles. The van der Waals surface area contributed by atoms with E-state index in [9.17, 15) is 9.59 Å². The SMILES string of the molecule is Cc1c[nH]c(=O)n1-c1cccc(NC(=O)c2ccccc2-n2cccn2)c1. The van der Waals surface area contributed by atoms with E-state index in [0.29, 0.717) is 22.6 Å². The minimum Gasteiger partial charge on any atom is -0.322 e. The third-order valence-electron chi connectivity index (χ3n) is 4.22. The van der Waals surface area contributed by atoms with Crippen LogP contribution in [0.5, 0.6) is 0 Å². The predicted molar refractivity (Wildman–Crippen MR) is 103 cm³/mol. The number of para-hydroxylation sites is 1. The molecule has 0 aliphatic carbocycles. The van der Waals surface area contributed by atoms with Gasteiger partial charge in [0, 0.05) is 30.0 Å². The van der Waals surface area contributed by atoms with Crippen LogP contribution in [0.2, 0.25) is 0 Å². The van der Waals surface area contributed by atoms with Crippen molar-refractivity contribution < 1.29 is 4.79 Å². The summed E-state index contributed by atoms with van der Waals surface area (Å²) in [5, 5.41) is 7.10. The second kappa shape index (κ2) is 6.80. The number of rotatable bonds is 4. The lowest BCUT2D eigenvalue weighted by Crippen LogP contribution is -2.17. The van der Waals surface area contributed by atoms with E-state index < -0.39 is 0 Å². The van der Waals surface area contributed by atoms with Crippen molar-refractivity contribution in [3.05, 3.63) is 94.9 Å². The highest BCUT2D eigenvalue weighted by Gasteiger charge is 2.13. The van der Waals surface area contributed by atoms with Crippen molar-refractivity contribution in [2.24, 2.45) is 0 Å². The van der Waals surface area contributed by atoms with Crippen LogP contribution in [0.1, 0.15) is 16.1 Å². The number of aromatic amines is 1. The monoisotopic (exact) mass is 359 g/mol. The van der Waals surface area contributed by atoms with Gasteiger partial charge < -0.3 is 10.3 Å². The molecule has 4 rings (SSSR count). The minimum atomic E-state index is -0.253. The number of aryl methyl sites for hydroxylation is 1. The lowest BCUT2D eigenvalue weighted by Gasteiger charge is -2.11. The molecule has 2 heterocycles. The Morgan fingerprint density at radius 1 is 1.11 bits per heavy atom. The number of nitrogens with one attached hydrogen (secondary N) is 2. The second-order valence-electron chi connectivity index (χ2n) is 6.04. The number of H-pyrrole nitrogens is 1. The van der Waals surface area contributed by atoms with Crippen LogP contribution in [0, 0.1) is 6.92 Å². The molecule has 0 unspecified atom stereocenters. The van der Waals surface area contributed by atoms with Gasteiger partial charge in [-0.05, 0) is 43.3 Å². The molecule has 0 aliphatic rings. The van der Waals surface area contributed by atoms with Crippen molar-refractivity contribution >= 4 is 11.6 Å². The van der Waals surface area contributed by atoms with Crippen molar-refractivity contribution in [1.82, 2.24) is 19.3 Å². The molecule has 0 saturated heterocycles. The van der Waals surface area contributed by atoms with Gasteiger partial charge in [-0.2, -0.15) is 5.10 Å². The van der Waals surface area contributed by atoms with Crippen LogP contribution in [-0.4, -0.2) is 25.2 Å². The molecule has 7 heteroatoms.